The first-order chi connectivity index (χ1) is 13.2. The van der Waals surface area contributed by atoms with Gasteiger partial charge in [0.2, 0.25) is 0 Å². The van der Waals surface area contributed by atoms with Gasteiger partial charge in [-0.3, -0.25) is 9.69 Å². The molecule has 0 radical (unpaired) electrons. The fourth-order valence-electron chi connectivity index (χ4n) is 3.21. The average Bonchev–Trinajstić information content (AvgIpc) is 3.12. The van der Waals surface area contributed by atoms with Crippen LogP contribution >= 0.6 is 11.6 Å². The lowest BCUT2D eigenvalue weighted by Crippen LogP contribution is -2.46. The molecule has 1 amide bonds. The molecular formula is C19H21ClN6O. The van der Waals surface area contributed by atoms with E-state index in [1.165, 1.54) is 0 Å². The molecule has 1 saturated heterocycles. The summed E-state index contributed by atoms with van der Waals surface area (Å²) in [6, 6.07) is 9.20. The number of nitrogens with one attached hydrogen (secondary N) is 2. The quantitative estimate of drug-likeness (QED) is 0.700. The topological polar surface area (TPSA) is 74.6 Å². The number of rotatable bonds is 5. The van der Waals surface area contributed by atoms with Gasteiger partial charge in [0.05, 0.1) is 6.20 Å². The molecule has 0 saturated carbocycles. The lowest BCUT2D eigenvalue weighted by atomic mass is 10.1. The molecule has 1 aliphatic heterocycles. The van der Waals surface area contributed by atoms with Gasteiger partial charge in [0.15, 0.2) is 5.65 Å². The summed E-state index contributed by atoms with van der Waals surface area (Å²) in [6.45, 7) is 5.47. The molecule has 0 unspecified atom stereocenters. The molecule has 0 bridgehead atoms. The zero-order chi connectivity index (χ0) is 18.6. The Kier molecular flexibility index (Phi) is 5.33. The maximum absolute atomic E-state index is 12.5. The van der Waals surface area contributed by atoms with E-state index in [2.05, 4.69) is 25.6 Å². The van der Waals surface area contributed by atoms with Crippen LogP contribution < -0.4 is 10.6 Å². The number of benzene rings is 1. The third kappa shape index (κ3) is 4.10. The van der Waals surface area contributed by atoms with Crippen molar-refractivity contribution >= 4 is 23.2 Å². The van der Waals surface area contributed by atoms with Crippen LogP contribution in [0.4, 0.5) is 0 Å². The first-order valence-electron chi connectivity index (χ1n) is 9.02. The second-order valence-corrected chi connectivity index (χ2v) is 6.93. The van der Waals surface area contributed by atoms with E-state index in [0.717, 1.165) is 43.9 Å². The molecule has 4 rings (SSSR count). The summed E-state index contributed by atoms with van der Waals surface area (Å²) in [5, 5.41) is 11.2. The zero-order valence-corrected chi connectivity index (χ0v) is 15.6. The summed E-state index contributed by atoms with van der Waals surface area (Å²) in [7, 11) is 0. The molecule has 0 aliphatic carbocycles. The van der Waals surface area contributed by atoms with E-state index in [1.807, 2.05) is 24.3 Å². The Labute approximate surface area is 162 Å². The van der Waals surface area contributed by atoms with Gasteiger partial charge in [-0.15, -0.1) is 0 Å². The van der Waals surface area contributed by atoms with Crippen LogP contribution in [0.5, 0.6) is 0 Å². The van der Waals surface area contributed by atoms with Gasteiger partial charge >= 0.3 is 0 Å². The standard InChI is InChI=1S/C19H21ClN6O/c20-15-3-1-2-14(12-15)16-13-23-26-8-4-17(24-18(16)26)19(27)22-7-11-25-9-5-21-6-10-25/h1-4,8,12-13,21H,5-7,9-11H2,(H,22,27). The highest BCUT2D eigenvalue weighted by atomic mass is 35.5. The lowest BCUT2D eigenvalue weighted by molar-refractivity contribution is 0.0942. The van der Waals surface area contributed by atoms with Gasteiger partial charge in [-0.25, -0.2) is 9.50 Å². The largest absolute Gasteiger partial charge is 0.349 e. The molecule has 1 aromatic carbocycles. The third-order valence-corrected chi connectivity index (χ3v) is 4.90. The second-order valence-electron chi connectivity index (χ2n) is 6.50. The van der Waals surface area contributed by atoms with E-state index in [4.69, 9.17) is 11.6 Å². The Morgan fingerprint density at radius 1 is 1.26 bits per heavy atom. The van der Waals surface area contributed by atoms with E-state index in [0.29, 0.717) is 22.9 Å². The Bertz CT molecular complexity index is 950. The van der Waals surface area contributed by atoms with Gasteiger partial charge < -0.3 is 10.6 Å². The van der Waals surface area contributed by atoms with E-state index < -0.39 is 0 Å². The van der Waals surface area contributed by atoms with Crippen molar-refractivity contribution < 1.29 is 4.79 Å². The van der Waals surface area contributed by atoms with Crippen LogP contribution in [0, 0.1) is 0 Å². The number of amides is 1. The van der Waals surface area contributed by atoms with Crippen molar-refractivity contribution in [2.24, 2.45) is 0 Å². The molecule has 7 nitrogen and oxygen atoms in total. The molecule has 2 N–H and O–H groups in total. The minimum Gasteiger partial charge on any atom is -0.349 e. The normalized spacial score (nSPS) is 15.1. The number of hydrogen-bond donors (Lipinski definition) is 2. The minimum absolute atomic E-state index is 0.175. The highest BCUT2D eigenvalue weighted by Gasteiger charge is 2.14. The van der Waals surface area contributed by atoms with Gasteiger partial charge in [0.25, 0.3) is 5.91 Å². The molecule has 140 valence electrons. The number of aromatic nitrogens is 3. The molecule has 1 fully saturated rings. The molecule has 27 heavy (non-hydrogen) atoms. The Morgan fingerprint density at radius 2 is 2.11 bits per heavy atom. The van der Waals surface area contributed by atoms with Crippen molar-refractivity contribution in [3.63, 3.8) is 0 Å². The number of nitrogens with zero attached hydrogens (tertiary/aromatic N) is 4. The van der Waals surface area contributed by atoms with Crippen molar-refractivity contribution in [3.8, 4) is 11.1 Å². The molecule has 8 heteroatoms. The smallest absolute Gasteiger partial charge is 0.270 e. The second kappa shape index (κ2) is 8.04. The summed E-state index contributed by atoms with van der Waals surface area (Å²) in [5.41, 5.74) is 2.77. The van der Waals surface area contributed by atoms with E-state index in [-0.39, 0.29) is 5.91 Å². The van der Waals surface area contributed by atoms with Crippen LogP contribution in [0.25, 0.3) is 16.8 Å². The van der Waals surface area contributed by atoms with Crippen LogP contribution in [0.15, 0.2) is 42.7 Å². The maximum atomic E-state index is 12.5. The zero-order valence-electron chi connectivity index (χ0n) is 14.9. The van der Waals surface area contributed by atoms with E-state index >= 15 is 0 Å². The monoisotopic (exact) mass is 384 g/mol. The molecular weight excluding hydrogens is 364 g/mol. The van der Waals surface area contributed by atoms with Gasteiger partial charge in [-0.1, -0.05) is 23.7 Å². The van der Waals surface area contributed by atoms with Gasteiger partial charge in [0, 0.05) is 56.1 Å². The number of carbonyl (C=O) groups excluding carboxylic acids is 1. The number of carbonyl (C=O) groups is 1. The predicted octanol–water partition coefficient (Wildman–Crippen LogP) is 1.68. The van der Waals surface area contributed by atoms with Crippen molar-refractivity contribution in [1.82, 2.24) is 30.1 Å². The summed E-state index contributed by atoms with van der Waals surface area (Å²) < 4.78 is 1.66. The first kappa shape index (κ1) is 17.9. The molecule has 0 atom stereocenters. The molecule has 3 aromatic rings. The number of piperazine rings is 1. The van der Waals surface area contributed by atoms with E-state index in [9.17, 15) is 4.79 Å². The van der Waals surface area contributed by atoms with Gasteiger partial charge in [-0.05, 0) is 23.8 Å². The van der Waals surface area contributed by atoms with Crippen LogP contribution in [-0.2, 0) is 0 Å². The third-order valence-electron chi connectivity index (χ3n) is 4.66. The van der Waals surface area contributed by atoms with Crippen LogP contribution in [0.2, 0.25) is 5.02 Å². The fourth-order valence-corrected chi connectivity index (χ4v) is 3.40. The first-order valence-corrected chi connectivity index (χ1v) is 9.40. The van der Waals surface area contributed by atoms with Gasteiger partial charge in [-0.2, -0.15) is 5.10 Å². The van der Waals surface area contributed by atoms with E-state index in [1.54, 1.807) is 23.0 Å². The Hall–Kier alpha value is -2.48. The number of halogens is 1. The van der Waals surface area contributed by atoms with Crippen LogP contribution in [-0.4, -0.2) is 64.7 Å². The number of fused-ring (bicyclic) bond motifs is 1. The number of hydrogen-bond acceptors (Lipinski definition) is 5. The summed E-state index contributed by atoms with van der Waals surface area (Å²) >= 11 is 6.10. The summed E-state index contributed by atoms with van der Waals surface area (Å²) in [4.78, 5) is 19.4. The van der Waals surface area contributed by atoms with Crippen molar-refractivity contribution in [3.05, 3.63) is 53.4 Å². The summed E-state index contributed by atoms with van der Waals surface area (Å²) in [5.74, 6) is -0.175. The predicted molar refractivity (Wildman–Crippen MR) is 105 cm³/mol. The molecule has 2 aromatic heterocycles. The van der Waals surface area contributed by atoms with Crippen LogP contribution in [0.1, 0.15) is 10.5 Å². The summed E-state index contributed by atoms with van der Waals surface area (Å²) in [6.07, 6.45) is 3.49. The Morgan fingerprint density at radius 3 is 2.93 bits per heavy atom. The minimum atomic E-state index is -0.175. The SMILES string of the molecule is O=C(NCCN1CCNCC1)c1ccn2ncc(-c3cccc(Cl)c3)c2n1. The van der Waals surface area contributed by atoms with Crippen molar-refractivity contribution in [1.29, 1.82) is 0 Å². The van der Waals surface area contributed by atoms with Gasteiger partial charge in [0.1, 0.15) is 5.69 Å². The fraction of sp³-hybridized carbons (Fsp3) is 0.316. The lowest BCUT2D eigenvalue weighted by Gasteiger charge is -2.27. The van der Waals surface area contributed by atoms with Crippen molar-refractivity contribution in [2.45, 2.75) is 0 Å². The molecule has 3 heterocycles. The highest BCUT2D eigenvalue weighted by Crippen LogP contribution is 2.25. The average molecular weight is 385 g/mol. The maximum Gasteiger partial charge on any atom is 0.270 e. The highest BCUT2D eigenvalue weighted by molar-refractivity contribution is 6.30. The molecule has 0 spiro atoms. The van der Waals surface area contributed by atoms with Crippen molar-refractivity contribution in [2.75, 3.05) is 39.3 Å². The Balaban J connectivity index is 1.48. The molecule has 1 aliphatic rings. The van der Waals surface area contributed by atoms with Crippen LogP contribution in [0.3, 0.4) is 0 Å².